The van der Waals surface area contributed by atoms with Crippen LogP contribution in [-0.4, -0.2) is 36.5 Å². The van der Waals surface area contributed by atoms with E-state index in [0.29, 0.717) is 13.2 Å². The van der Waals surface area contributed by atoms with E-state index in [2.05, 4.69) is 0 Å². The minimum absolute atomic E-state index is 0.0145. The highest BCUT2D eigenvalue weighted by molar-refractivity contribution is 7.89. The van der Waals surface area contributed by atoms with E-state index in [9.17, 15) is 13.2 Å². The van der Waals surface area contributed by atoms with Crippen LogP contribution in [0.25, 0.3) is 0 Å². The maximum Gasteiger partial charge on any atom is 0.266 e. The molecule has 0 unspecified atom stereocenters. The molecule has 2 N–H and O–H groups in total. The van der Waals surface area contributed by atoms with Gasteiger partial charge in [-0.05, 0) is 18.9 Å². The predicted octanol–water partition coefficient (Wildman–Crippen LogP) is -0.160. The van der Waals surface area contributed by atoms with E-state index in [4.69, 9.17) is 10.6 Å². The van der Waals surface area contributed by atoms with Crippen molar-refractivity contribution in [2.75, 3.05) is 13.2 Å². The second-order valence-corrected chi connectivity index (χ2v) is 5.94. The number of nitrogens with zero attached hydrogens (tertiary/aromatic N) is 2. The molecule has 1 aliphatic rings. The van der Waals surface area contributed by atoms with Crippen LogP contribution < -0.4 is 5.73 Å². The molecule has 8 heteroatoms. The Morgan fingerprint density at radius 3 is 2.67 bits per heavy atom. The van der Waals surface area contributed by atoms with Crippen molar-refractivity contribution in [2.45, 2.75) is 17.7 Å². The number of rotatable bonds is 3. The third kappa shape index (κ3) is 2.26. The van der Waals surface area contributed by atoms with Crippen molar-refractivity contribution in [1.29, 1.82) is 0 Å². The summed E-state index contributed by atoms with van der Waals surface area (Å²) in [6, 6.07) is 1.26. The largest absolute Gasteiger partial charge is 0.364 e. The number of nitrogens with two attached hydrogens (primary N) is 1. The van der Waals surface area contributed by atoms with Gasteiger partial charge >= 0.3 is 0 Å². The van der Waals surface area contributed by atoms with E-state index >= 15 is 0 Å². The number of hydrogen-bond acceptors (Lipinski definition) is 4. The molecule has 2 heterocycles. The zero-order chi connectivity index (χ0) is 13.3. The number of aromatic nitrogens is 1. The number of hydroxylamine groups is 1. The summed E-state index contributed by atoms with van der Waals surface area (Å²) in [7, 11) is -2.15. The molecule has 0 atom stereocenters. The minimum atomic E-state index is -3.71. The molecule has 1 aliphatic heterocycles. The summed E-state index contributed by atoms with van der Waals surface area (Å²) in [5.74, 6) is -0.668. The fourth-order valence-electron chi connectivity index (χ4n) is 1.80. The second-order valence-electron chi connectivity index (χ2n) is 4.11. The third-order valence-corrected chi connectivity index (χ3v) is 4.41. The van der Waals surface area contributed by atoms with Gasteiger partial charge in [0.2, 0.25) is 0 Å². The summed E-state index contributed by atoms with van der Waals surface area (Å²) in [6.07, 6.45) is 2.95. The fourth-order valence-corrected chi connectivity index (χ4v) is 3.17. The molecular formula is C10H15N3O4S. The van der Waals surface area contributed by atoms with E-state index in [1.165, 1.54) is 16.8 Å². The highest BCUT2D eigenvalue weighted by Gasteiger charge is 2.29. The molecule has 2 rings (SSSR count). The second kappa shape index (κ2) is 4.71. The van der Waals surface area contributed by atoms with Crippen LogP contribution >= 0.6 is 0 Å². The molecule has 0 aromatic carbocycles. The van der Waals surface area contributed by atoms with Gasteiger partial charge in [0, 0.05) is 19.8 Å². The van der Waals surface area contributed by atoms with Crippen LogP contribution in [0, 0.1) is 0 Å². The van der Waals surface area contributed by atoms with Gasteiger partial charge in [0.1, 0.15) is 10.6 Å². The van der Waals surface area contributed by atoms with Crippen molar-refractivity contribution in [2.24, 2.45) is 12.8 Å². The molecule has 1 aromatic heterocycles. The van der Waals surface area contributed by atoms with Gasteiger partial charge in [0.05, 0.1) is 6.61 Å². The zero-order valence-electron chi connectivity index (χ0n) is 10.00. The highest BCUT2D eigenvalue weighted by Crippen LogP contribution is 2.21. The maximum atomic E-state index is 12.2. The van der Waals surface area contributed by atoms with Crippen LogP contribution in [-0.2, 0) is 21.9 Å². The molecule has 0 saturated carbocycles. The Morgan fingerprint density at radius 1 is 1.44 bits per heavy atom. The topological polar surface area (TPSA) is 94.6 Å². The smallest absolute Gasteiger partial charge is 0.266 e. The molecule has 1 aromatic rings. The lowest BCUT2D eigenvalue weighted by Crippen LogP contribution is -2.35. The lowest BCUT2D eigenvalue weighted by atomic mass is 10.3. The normalized spacial score (nSPS) is 17.8. The lowest BCUT2D eigenvalue weighted by Gasteiger charge is -2.24. The predicted molar refractivity (Wildman–Crippen MR) is 63.0 cm³/mol. The van der Waals surface area contributed by atoms with Crippen LogP contribution in [0.15, 0.2) is 17.2 Å². The van der Waals surface area contributed by atoms with Gasteiger partial charge in [0.15, 0.2) is 0 Å². The van der Waals surface area contributed by atoms with Gasteiger partial charge in [-0.25, -0.2) is 8.42 Å². The van der Waals surface area contributed by atoms with Crippen molar-refractivity contribution < 1.29 is 18.0 Å². The number of hydrogen-bond donors (Lipinski definition) is 1. The standard InChI is InChI=1S/C10H15N3O4S/c1-12-7-8(6-9(12)10(11)14)18(15,16)13-4-2-3-5-17-13/h6-7H,2-5H2,1H3,(H2,11,14). The number of sulfonamides is 1. The first-order chi connectivity index (χ1) is 8.43. The molecule has 1 amide bonds. The zero-order valence-corrected chi connectivity index (χ0v) is 10.8. The average Bonchev–Trinajstić information content (AvgIpc) is 2.73. The Kier molecular flexibility index (Phi) is 3.42. The summed E-state index contributed by atoms with van der Waals surface area (Å²) in [4.78, 5) is 16.2. The Labute approximate surface area is 105 Å². The van der Waals surface area contributed by atoms with Gasteiger partial charge < -0.3 is 10.3 Å². The summed E-state index contributed by atoms with van der Waals surface area (Å²) < 4.78 is 26.8. The molecule has 0 bridgehead atoms. The number of carbonyl (C=O) groups excluding carboxylic acids is 1. The molecule has 18 heavy (non-hydrogen) atoms. The van der Waals surface area contributed by atoms with E-state index in [0.717, 1.165) is 17.3 Å². The molecular weight excluding hydrogens is 258 g/mol. The highest BCUT2D eigenvalue weighted by atomic mass is 32.2. The quantitative estimate of drug-likeness (QED) is 0.828. The van der Waals surface area contributed by atoms with Crippen molar-refractivity contribution in [3.05, 3.63) is 18.0 Å². The first-order valence-electron chi connectivity index (χ1n) is 5.55. The van der Waals surface area contributed by atoms with Crippen molar-refractivity contribution >= 4 is 15.9 Å². The van der Waals surface area contributed by atoms with Crippen LogP contribution in [0.5, 0.6) is 0 Å². The Bertz CT molecular complexity index is 558. The molecule has 0 spiro atoms. The maximum absolute atomic E-state index is 12.2. The van der Waals surface area contributed by atoms with E-state index in [1.54, 1.807) is 7.05 Å². The number of amides is 1. The molecule has 1 fully saturated rings. The summed E-state index contributed by atoms with van der Waals surface area (Å²) >= 11 is 0. The SMILES string of the molecule is Cn1cc(S(=O)(=O)N2CCCCO2)cc1C(N)=O. The summed E-state index contributed by atoms with van der Waals surface area (Å²) in [6.45, 7) is 0.706. The number of primary amides is 1. The number of aryl methyl sites for hydroxylation is 1. The van der Waals surface area contributed by atoms with E-state index in [-0.39, 0.29) is 10.6 Å². The van der Waals surface area contributed by atoms with Crippen molar-refractivity contribution in [3.63, 3.8) is 0 Å². The van der Waals surface area contributed by atoms with Crippen molar-refractivity contribution in [1.82, 2.24) is 9.04 Å². The van der Waals surface area contributed by atoms with Gasteiger partial charge in [-0.15, -0.1) is 0 Å². The van der Waals surface area contributed by atoms with E-state index in [1.807, 2.05) is 0 Å². The first kappa shape index (κ1) is 13.1. The first-order valence-corrected chi connectivity index (χ1v) is 6.99. The monoisotopic (exact) mass is 273 g/mol. The summed E-state index contributed by atoms with van der Waals surface area (Å²) in [5.41, 5.74) is 5.29. The average molecular weight is 273 g/mol. The van der Waals surface area contributed by atoms with Gasteiger partial charge in [-0.3, -0.25) is 9.63 Å². The van der Waals surface area contributed by atoms with Crippen LogP contribution in [0.4, 0.5) is 0 Å². The fraction of sp³-hybridized carbons (Fsp3) is 0.500. The van der Waals surface area contributed by atoms with Gasteiger partial charge in [-0.2, -0.15) is 0 Å². The van der Waals surface area contributed by atoms with Gasteiger partial charge in [-0.1, -0.05) is 4.47 Å². The Morgan fingerprint density at radius 2 is 2.17 bits per heavy atom. The van der Waals surface area contributed by atoms with Crippen LogP contribution in [0.3, 0.4) is 0 Å². The third-order valence-electron chi connectivity index (χ3n) is 2.77. The van der Waals surface area contributed by atoms with E-state index < -0.39 is 15.9 Å². The van der Waals surface area contributed by atoms with Crippen LogP contribution in [0.1, 0.15) is 23.3 Å². The van der Waals surface area contributed by atoms with Crippen LogP contribution in [0.2, 0.25) is 0 Å². The Hall–Kier alpha value is -1.38. The minimum Gasteiger partial charge on any atom is -0.364 e. The molecule has 100 valence electrons. The summed E-state index contributed by atoms with van der Waals surface area (Å²) in [5, 5.41) is 0. The number of carbonyl (C=O) groups is 1. The van der Waals surface area contributed by atoms with Gasteiger partial charge in [0.25, 0.3) is 15.9 Å². The Balaban J connectivity index is 2.35. The molecule has 0 radical (unpaired) electrons. The molecule has 1 saturated heterocycles. The molecule has 7 nitrogen and oxygen atoms in total. The molecule has 0 aliphatic carbocycles. The lowest BCUT2D eigenvalue weighted by molar-refractivity contribution is -0.108. The van der Waals surface area contributed by atoms with Crippen molar-refractivity contribution in [3.8, 4) is 0 Å².